The summed E-state index contributed by atoms with van der Waals surface area (Å²) >= 11 is 1.40. The number of carbonyl (C=O) groups is 2. The van der Waals surface area contributed by atoms with Crippen LogP contribution in [0, 0.1) is 11.7 Å². The maximum atomic E-state index is 12.9. The fourth-order valence-electron chi connectivity index (χ4n) is 2.06. The normalized spacial score (nSPS) is 11.8. The third-order valence-corrected chi connectivity index (χ3v) is 4.49. The quantitative estimate of drug-likeness (QED) is 0.715. The number of urea groups is 1. The molecule has 3 amide bonds. The molecule has 1 aromatic heterocycles. The van der Waals surface area contributed by atoms with Crippen molar-refractivity contribution in [3.63, 3.8) is 0 Å². The van der Waals surface area contributed by atoms with Crippen molar-refractivity contribution in [1.82, 2.24) is 10.3 Å². The first-order valence-electron chi connectivity index (χ1n) is 7.51. The monoisotopic (exact) mass is 350 g/mol. The largest absolute Gasteiger partial charge is 0.369 e. The second kappa shape index (κ2) is 8.39. The summed E-state index contributed by atoms with van der Waals surface area (Å²) in [6.07, 6.45) is 2.89. The average Bonchev–Trinajstić information content (AvgIpc) is 3.00. The van der Waals surface area contributed by atoms with Crippen LogP contribution in [0.1, 0.15) is 17.4 Å². The summed E-state index contributed by atoms with van der Waals surface area (Å²) in [7, 11) is 0. The number of nitrogens with zero attached hydrogens (tertiary/aromatic N) is 1. The Labute approximate surface area is 143 Å². The van der Waals surface area contributed by atoms with E-state index in [0.29, 0.717) is 11.6 Å². The molecule has 0 unspecified atom stereocenters. The van der Waals surface area contributed by atoms with Crippen LogP contribution in [0.15, 0.2) is 30.5 Å². The Balaban J connectivity index is 1.87. The molecule has 0 aliphatic rings. The molecule has 0 aliphatic carbocycles. The third kappa shape index (κ3) is 5.31. The lowest BCUT2D eigenvalue weighted by Crippen LogP contribution is -2.39. The number of halogens is 1. The molecule has 0 aliphatic heterocycles. The number of anilines is 1. The van der Waals surface area contributed by atoms with Crippen LogP contribution >= 0.6 is 11.3 Å². The molecular weight excluding hydrogens is 331 g/mol. The van der Waals surface area contributed by atoms with Gasteiger partial charge in [0.05, 0.1) is 5.92 Å². The molecule has 0 saturated carbocycles. The molecule has 4 N–H and O–H groups in total. The lowest BCUT2D eigenvalue weighted by molar-refractivity contribution is -0.121. The fourth-order valence-corrected chi connectivity index (χ4v) is 2.81. The number of nitrogens with two attached hydrogens (primary N) is 1. The SMILES string of the molecule is CCc1cnc(NC(=O)NC[C@H](Cc2ccc(F)cc2)C(N)=O)s1. The third-order valence-electron chi connectivity index (χ3n) is 3.43. The van der Waals surface area contributed by atoms with E-state index in [9.17, 15) is 14.0 Å². The Hall–Kier alpha value is -2.48. The van der Waals surface area contributed by atoms with E-state index in [4.69, 9.17) is 5.73 Å². The van der Waals surface area contributed by atoms with Gasteiger partial charge in [0, 0.05) is 17.6 Å². The van der Waals surface area contributed by atoms with Crippen LogP contribution in [0.3, 0.4) is 0 Å². The molecule has 1 aromatic carbocycles. The summed E-state index contributed by atoms with van der Waals surface area (Å²) < 4.78 is 12.9. The van der Waals surface area contributed by atoms with E-state index < -0.39 is 17.9 Å². The van der Waals surface area contributed by atoms with Gasteiger partial charge in [-0.3, -0.25) is 10.1 Å². The first-order chi connectivity index (χ1) is 11.5. The molecule has 0 radical (unpaired) electrons. The van der Waals surface area contributed by atoms with Gasteiger partial charge in [-0.05, 0) is 30.5 Å². The summed E-state index contributed by atoms with van der Waals surface area (Å²) in [4.78, 5) is 28.6. The van der Waals surface area contributed by atoms with E-state index in [2.05, 4.69) is 15.6 Å². The van der Waals surface area contributed by atoms with Gasteiger partial charge in [-0.25, -0.2) is 14.2 Å². The predicted octanol–water partition coefficient (Wildman–Crippen LogP) is 2.31. The zero-order valence-electron chi connectivity index (χ0n) is 13.2. The first kappa shape index (κ1) is 17.9. The van der Waals surface area contributed by atoms with Crippen molar-refractivity contribution < 1.29 is 14.0 Å². The molecule has 1 heterocycles. The highest BCUT2D eigenvalue weighted by molar-refractivity contribution is 7.15. The number of aryl methyl sites for hydroxylation is 1. The number of hydrogen-bond acceptors (Lipinski definition) is 4. The van der Waals surface area contributed by atoms with Gasteiger partial charge in [0.15, 0.2) is 5.13 Å². The summed E-state index contributed by atoms with van der Waals surface area (Å²) in [6, 6.07) is 5.38. The lowest BCUT2D eigenvalue weighted by atomic mass is 9.98. The second-order valence-corrected chi connectivity index (χ2v) is 6.37. The Morgan fingerprint density at radius 3 is 2.62 bits per heavy atom. The van der Waals surface area contributed by atoms with Gasteiger partial charge in [0.1, 0.15) is 5.82 Å². The summed E-state index contributed by atoms with van der Waals surface area (Å²) in [6.45, 7) is 2.09. The highest BCUT2D eigenvalue weighted by atomic mass is 32.1. The summed E-state index contributed by atoms with van der Waals surface area (Å²) in [5.74, 6) is -1.45. The van der Waals surface area contributed by atoms with Crippen molar-refractivity contribution in [2.24, 2.45) is 11.7 Å². The van der Waals surface area contributed by atoms with Gasteiger partial charge < -0.3 is 11.1 Å². The van der Waals surface area contributed by atoms with Crippen LogP contribution in [0.2, 0.25) is 0 Å². The predicted molar refractivity (Wildman–Crippen MR) is 91.3 cm³/mol. The van der Waals surface area contributed by atoms with Crippen LogP contribution in [0.4, 0.5) is 14.3 Å². The molecule has 2 aromatic rings. The zero-order chi connectivity index (χ0) is 17.5. The molecule has 0 saturated heterocycles. The smallest absolute Gasteiger partial charge is 0.321 e. The maximum absolute atomic E-state index is 12.9. The molecular formula is C16H19FN4O2S. The maximum Gasteiger partial charge on any atom is 0.321 e. The van der Waals surface area contributed by atoms with E-state index in [0.717, 1.165) is 16.9 Å². The Bertz CT molecular complexity index is 702. The highest BCUT2D eigenvalue weighted by Crippen LogP contribution is 2.18. The van der Waals surface area contributed by atoms with Gasteiger partial charge in [-0.15, -0.1) is 11.3 Å². The van der Waals surface area contributed by atoms with Crippen molar-refractivity contribution in [2.45, 2.75) is 19.8 Å². The van der Waals surface area contributed by atoms with Gasteiger partial charge >= 0.3 is 6.03 Å². The van der Waals surface area contributed by atoms with Crippen molar-refractivity contribution in [2.75, 3.05) is 11.9 Å². The number of benzene rings is 1. The van der Waals surface area contributed by atoms with E-state index >= 15 is 0 Å². The van der Waals surface area contributed by atoms with Crippen molar-refractivity contribution >= 4 is 28.4 Å². The minimum Gasteiger partial charge on any atom is -0.369 e. The minimum atomic E-state index is -0.580. The van der Waals surface area contributed by atoms with E-state index in [1.54, 1.807) is 18.3 Å². The molecule has 24 heavy (non-hydrogen) atoms. The minimum absolute atomic E-state index is 0.0879. The Kier molecular flexibility index (Phi) is 6.25. The standard InChI is InChI=1S/C16H19FN4O2S/c1-2-13-9-20-16(24-13)21-15(23)19-8-11(14(18)22)7-10-3-5-12(17)6-4-10/h3-6,9,11H,2,7-8H2,1H3,(H2,18,22)(H2,19,20,21,23)/t11-/m0/s1. The Morgan fingerprint density at radius 2 is 2.04 bits per heavy atom. The number of rotatable bonds is 7. The van der Waals surface area contributed by atoms with Crippen LogP contribution in [-0.4, -0.2) is 23.5 Å². The van der Waals surface area contributed by atoms with Gasteiger partial charge in [-0.2, -0.15) is 0 Å². The van der Waals surface area contributed by atoms with Gasteiger partial charge in [0.2, 0.25) is 5.91 Å². The van der Waals surface area contributed by atoms with Crippen molar-refractivity contribution in [1.29, 1.82) is 0 Å². The molecule has 0 spiro atoms. The molecule has 0 bridgehead atoms. The van der Waals surface area contributed by atoms with Crippen LogP contribution in [0.25, 0.3) is 0 Å². The van der Waals surface area contributed by atoms with Crippen LogP contribution in [-0.2, 0) is 17.6 Å². The number of carbonyl (C=O) groups excluding carboxylic acids is 2. The van der Waals surface area contributed by atoms with E-state index in [1.807, 2.05) is 6.92 Å². The Morgan fingerprint density at radius 1 is 1.33 bits per heavy atom. The number of aromatic nitrogens is 1. The average molecular weight is 350 g/mol. The van der Waals surface area contributed by atoms with E-state index in [1.165, 1.54) is 23.5 Å². The van der Waals surface area contributed by atoms with Crippen molar-refractivity contribution in [3.8, 4) is 0 Å². The second-order valence-electron chi connectivity index (χ2n) is 5.25. The number of thiazole rings is 1. The van der Waals surface area contributed by atoms with Gasteiger partial charge in [0.25, 0.3) is 0 Å². The molecule has 6 nitrogen and oxygen atoms in total. The molecule has 8 heteroatoms. The molecule has 2 rings (SSSR count). The van der Waals surface area contributed by atoms with Gasteiger partial charge in [-0.1, -0.05) is 19.1 Å². The molecule has 0 fully saturated rings. The topological polar surface area (TPSA) is 97.1 Å². The first-order valence-corrected chi connectivity index (χ1v) is 8.33. The fraction of sp³-hybridized carbons (Fsp3) is 0.312. The lowest BCUT2D eigenvalue weighted by Gasteiger charge is -2.14. The van der Waals surface area contributed by atoms with Crippen LogP contribution < -0.4 is 16.4 Å². The number of hydrogen-bond donors (Lipinski definition) is 3. The zero-order valence-corrected chi connectivity index (χ0v) is 14.0. The number of nitrogens with one attached hydrogen (secondary N) is 2. The molecule has 1 atom stereocenters. The summed E-state index contributed by atoms with van der Waals surface area (Å²) in [5, 5.41) is 5.73. The van der Waals surface area contributed by atoms with Crippen LogP contribution in [0.5, 0.6) is 0 Å². The highest BCUT2D eigenvalue weighted by Gasteiger charge is 2.17. The summed E-state index contributed by atoms with van der Waals surface area (Å²) in [5.41, 5.74) is 6.15. The van der Waals surface area contributed by atoms with E-state index in [-0.39, 0.29) is 12.4 Å². The number of primary amides is 1. The number of amides is 3. The molecule has 128 valence electrons. The van der Waals surface area contributed by atoms with Crippen molar-refractivity contribution in [3.05, 3.63) is 46.7 Å².